The van der Waals surface area contributed by atoms with E-state index >= 15 is 0 Å². The number of H-pyrrole nitrogens is 1. The van der Waals surface area contributed by atoms with Gasteiger partial charge in [-0.15, -0.1) is 0 Å². The molecule has 0 atom stereocenters. The highest BCUT2D eigenvalue weighted by atomic mass is 16.1. The smallest absolute Gasteiger partial charge is 0.252 e. The number of aromatic amines is 1. The highest BCUT2D eigenvalue weighted by Crippen LogP contribution is 2.09. The SMILES string of the molecule is NC(=O)CCNCc1cc2ccccc2[nH]c1=O. The summed E-state index contributed by atoms with van der Waals surface area (Å²) in [5, 5.41) is 4.01. The van der Waals surface area contributed by atoms with Crippen molar-refractivity contribution in [2.24, 2.45) is 5.73 Å². The number of primary amides is 1. The number of rotatable bonds is 5. The summed E-state index contributed by atoms with van der Waals surface area (Å²) in [6.07, 6.45) is 0.269. The Morgan fingerprint density at radius 2 is 2.11 bits per heavy atom. The summed E-state index contributed by atoms with van der Waals surface area (Å²) in [6, 6.07) is 9.46. The van der Waals surface area contributed by atoms with Crippen LogP contribution in [0.25, 0.3) is 10.9 Å². The third-order valence-corrected chi connectivity index (χ3v) is 2.69. The predicted molar refractivity (Wildman–Crippen MR) is 70.1 cm³/mol. The van der Waals surface area contributed by atoms with Crippen LogP contribution in [0.1, 0.15) is 12.0 Å². The molecule has 0 radical (unpaired) electrons. The van der Waals surface area contributed by atoms with Gasteiger partial charge < -0.3 is 16.0 Å². The normalized spacial score (nSPS) is 10.7. The number of benzene rings is 1. The van der Waals surface area contributed by atoms with Gasteiger partial charge in [-0.2, -0.15) is 0 Å². The average molecular weight is 245 g/mol. The fraction of sp³-hybridized carbons (Fsp3) is 0.231. The zero-order chi connectivity index (χ0) is 13.0. The lowest BCUT2D eigenvalue weighted by Gasteiger charge is -2.04. The van der Waals surface area contributed by atoms with Crippen molar-refractivity contribution in [3.8, 4) is 0 Å². The highest BCUT2D eigenvalue weighted by Gasteiger charge is 2.02. The number of carbonyl (C=O) groups excluding carboxylic acids is 1. The number of aromatic nitrogens is 1. The summed E-state index contributed by atoms with van der Waals surface area (Å²) in [7, 11) is 0. The lowest BCUT2D eigenvalue weighted by Crippen LogP contribution is -2.25. The molecular formula is C13H15N3O2. The average Bonchev–Trinajstić information content (AvgIpc) is 2.34. The number of amides is 1. The summed E-state index contributed by atoms with van der Waals surface area (Å²) >= 11 is 0. The van der Waals surface area contributed by atoms with E-state index < -0.39 is 0 Å². The number of carbonyl (C=O) groups is 1. The molecule has 0 saturated heterocycles. The van der Waals surface area contributed by atoms with E-state index in [1.807, 2.05) is 30.3 Å². The first-order chi connectivity index (χ1) is 8.66. The second-order valence-corrected chi connectivity index (χ2v) is 4.10. The van der Waals surface area contributed by atoms with Gasteiger partial charge in [0.15, 0.2) is 0 Å². The third kappa shape index (κ3) is 2.95. The molecule has 0 unspecified atom stereocenters. The van der Waals surface area contributed by atoms with Gasteiger partial charge in [0.05, 0.1) is 0 Å². The van der Waals surface area contributed by atoms with E-state index in [0.29, 0.717) is 18.7 Å². The number of para-hydroxylation sites is 1. The minimum Gasteiger partial charge on any atom is -0.370 e. The van der Waals surface area contributed by atoms with Crippen LogP contribution in [0.2, 0.25) is 0 Å². The first-order valence-corrected chi connectivity index (χ1v) is 5.77. The molecule has 4 N–H and O–H groups in total. The second-order valence-electron chi connectivity index (χ2n) is 4.10. The van der Waals surface area contributed by atoms with Crippen LogP contribution < -0.4 is 16.6 Å². The lowest BCUT2D eigenvalue weighted by molar-refractivity contribution is -0.117. The molecule has 1 aromatic heterocycles. The lowest BCUT2D eigenvalue weighted by atomic mass is 10.1. The number of hydrogen-bond donors (Lipinski definition) is 3. The van der Waals surface area contributed by atoms with Crippen molar-refractivity contribution in [3.05, 3.63) is 46.2 Å². The molecule has 0 saturated carbocycles. The Morgan fingerprint density at radius 3 is 2.89 bits per heavy atom. The molecule has 0 fully saturated rings. The number of fused-ring (bicyclic) bond motifs is 1. The quantitative estimate of drug-likeness (QED) is 0.670. The van der Waals surface area contributed by atoms with Crippen LogP contribution in [0, 0.1) is 0 Å². The van der Waals surface area contributed by atoms with Gasteiger partial charge >= 0.3 is 0 Å². The Balaban J connectivity index is 2.11. The van der Waals surface area contributed by atoms with Gasteiger partial charge in [0.25, 0.3) is 5.56 Å². The molecule has 2 rings (SSSR count). The maximum absolute atomic E-state index is 11.8. The van der Waals surface area contributed by atoms with Gasteiger partial charge in [-0.25, -0.2) is 0 Å². The zero-order valence-corrected chi connectivity index (χ0v) is 9.90. The van der Waals surface area contributed by atoms with Crippen LogP contribution in [0.15, 0.2) is 35.1 Å². The Labute approximate surface area is 104 Å². The van der Waals surface area contributed by atoms with Crippen molar-refractivity contribution in [1.82, 2.24) is 10.3 Å². The highest BCUT2D eigenvalue weighted by molar-refractivity contribution is 5.78. The summed E-state index contributed by atoms with van der Waals surface area (Å²) in [4.78, 5) is 25.2. The summed E-state index contributed by atoms with van der Waals surface area (Å²) in [6.45, 7) is 0.898. The molecule has 5 heteroatoms. The van der Waals surface area contributed by atoms with Crippen LogP contribution >= 0.6 is 0 Å². The Kier molecular flexibility index (Phi) is 3.74. The summed E-state index contributed by atoms with van der Waals surface area (Å²) in [5.74, 6) is -0.352. The first kappa shape index (κ1) is 12.3. The molecule has 1 aromatic carbocycles. The van der Waals surface area contributed by atoms with Gasteiger partial charge in [-0.3, -0.25) is 9.59 Å². The van der Waals surface area contributed by atoms with Crippen molar-refractivity contribution in [3.63, 3.8) is 0 Å². The molecule has 0 aliphatic rings. The van der Waals surface area contributed by atoms with Crippen LogP contribution in [0.5, 0.6) is 0 Å². The van der Waals surface area contributed by atoms with Crippen LogP contribution in [0.4, 0.5) is 0 Å². The van der Waals surface area contributed by atoms with E-state index in [2.05, 4.69) is 10.3 Å². The Morgan fingerprint density at radius 1 is 1.33 bits per heavy atom. The molecule has 1 amide bonds. The minimum atomic E-state index is -0.352. The fourth-order valence-corrected chi connectivity index (χ4v) is 1.76. The topological polar surface area (TPSA) is 88.0 Å². The largest absolute Gasteiger partial charge is 0.370 e. The maximum atomic E-state index is 11.8. The Bertz CT molecular complexity index is 619. The third-order valence-electron chi connectivity index (χ3n) is 2.69. The van der Waals surface area contributed by atoms with E-state index in [9.17, 15) is 9.59 Å². The molecule has 5 nitrogen and oxygen atoms in total. The molecule has 18 heavy (non-hydrogen) atoms. The van der Waals surface area contributed by atoms with E-state index in [-0.39, 0.29) is 17.9 Å². The van der Waals surface area contributed by atoms with Gasteiger partial charge in [-0.1, -0.05) is 18.2 Å². The molecule has 0 spiro atoms. The molecule has 2 aromatic rings. The monoisotopic (exact) mass is 245 g/mol. The number of nitrogens with one attached hydrogen (secondary N) is 2. The van der Waals surface area contributed by atoms with Crippen LogP contribution in [-0.2, 0) is 11.3 Å². The molecule has 0 aliphatic heterocycles. The van der Waals surface area contributed by atoms with E-state index in [1.165, 1.54) is 0 Å². The second kappa shape index (κ2) is 5.46. The van der Waals surface area contributed by atoms with Gasteiger partial charge in [0, 0.05) is 30.6 Å². The van der Waals surface area contributed by atoms with Crippen molar-refractivity contribution in [2.45, 2.75) is 13.0 Å². The molecule has 0 bridgehead atoms. The first-order valence-electron chi connectivity index (χ1n) is 5.77. The van der Waals surface area contributed by atoms with Crippen molar-refractivity contribution in [2.75, 3.05) is 6.54 Å². The summed E-state index contributed by atoms with van der Waals surface area (Å²) < 4.78 is 0. The van der Waals surface area contributed by atoms with E-state index in [0.717, 1.165) is 10.9 Å². The standard InChI is InChI=1S/C13H15N3O2/c14-12(17)5-6-15-8-10-7-9-3-1-2-4-11(9)16-13(10)18/h1-4,7,15H,5-6,8H2,(H2,14,17)(H,16,18). The van der Waals surface area contributed by atoms with Crippen LogP contribution in [0.3, 0.4) is 0 Å². The minimum absolute atomic E-state index is 0.111. The molecular weight excluding hydrogens is 230 g/mol. The van der Waals surface area contributed by atoms with Crippen molar-refractivity contribution < 1.29 is 4.79 Å². The predicted octanol–water partition coefficient (Wildman–Crippen LogP) is 0.493. The van der Waals surface area contributed by atoms with Gasteiger partial charge in [0.2, 0.25) is 5.91 Å². The molecule has 94 valence electrons. The number of pyridine rings is 1. The molecule has 1 heterocycles. The summed E-state index contributed by atoms with van der Waals surface area (Å²) in [5.41, 5.74) is 6.39. The van der Waals surface area contributed by atoms with E-state index in [1.54, 1.807) is 0 Å². The Hall–Kier alpha value is -2.14. The van der Waals surface area contributed by atoms with Gasteiger partial charge in [-0.05, 0) is 17.5 Å². The molecule has 0 aliphatic carbocycles. The maximum Gasteiger partial charge on any atom is 0.252 e. The van der Waals surface area contributed by atoms with Crippen LogP contribution in [-0.4, -0.2) is 17.4 Å². The van der Waals surface area contributed by atoms with Gasteiger partial charge in [0.1, 0.15) is 0 Å². The van der Waals surface area contributed by atoms with Crippen molar-refractivity contribution >= 4 is 16.8 Å². The number of nitrogens with two attached hydrogens (primary N) is 1. The van der Waals surface area contributed by atoms with E-state index in [4.69, 9.17) is 5.73 Å². The fourth-order valence-electron chi connectivity index (χ4n) is 1.76. The zero-order valence-electron chi connectivity index (χ0n) is 9.90. The van der Waals surface area contributed by atoms with Crippen molar-refractivity contribution in [1.29, 1.82) is 0 Å². The number of hydrogen-bond acceptors (Lipinski definition) is 3.